The summed E-state index contributed by atoms with van der Waals surface area (Å²) in [6.07, 6.45) is 1.10. The maximum atomic E-state index is 13.2. The van der Waals surface area contributed by atoms with Crippen molar-refractivity contribution < 1.29 is 9.50 Å². The molecule has 0 saturated carbocycles. The molecule has 0 aliphatic heterocycles. The zero-order chi connectivity index (χ0) is 11.1. The van der Waals surface area contributed by atoms with Gasteiger partial charge in [-0.15, -0.1) is 11.8 Å². The molecule has 1 rings (SSSR count). The lowest BCUT2D eigenvalue weighted by molar-refractivity contribution is 0.165. The smallest absolute Gasteiger partial charge is 0.126 e. The van der Waals surface area contributed by atoms with Gasteiger partial charge in [0.25, 0.3) is 0 Å². The summed E-state index contributed by atoms with van der Waals surface area (Å²) in [5.41, 5.74) is 0.564. The predicted molar refractivity (Wildman–Crippen MR) is 58.8 cm³/mol. The molecule has 80 valence electrons. The topological polar surface area (TPSA) is 20.2 Å². The lowest BCUT2D eigenvalue weighted by Crippen LogP contribution is -2.11. The molecule has 1 N–H and O–H groups in total. The molecule has 1 aromatic rings. The van der Waals surface area contributed by atoms with Crippen LogP contribution in [-0.2, 0) is 6.42 Å². The molecule has 0 heterocycles. The van der Waals surface area contributed by atoms with Gasteiger partial charge in [-0.05, 0) is 25.0 Å². The Morgan fingerprint density at radius 3 is 2.80 bits per heavy atom. The Labute approximate surface area is 89.9 Å². The summed E-state index contributed by atoms with van der Waals surface area (Å²) in [5, 5.41) is 9.62. The Morgan fingerprint density at radius 1 is 1.40 bits per heavy atom. The lowest BCUT2D eigenvalue weighted by atomic mass is 10.0. The maximum absolute atomic E-state index is 13.2. The van der Waals surface area contributed by atoms with Gasteiger partial charge < -0.3 is 5.11 Å². The van der Waals surface area contributed by atoms with Crippen LogP contribution in [0.1, 0.15) is 25.3 Å². The number of aliphatic hydroxyl groups excluding tert-OH is 1. The van der Waals surface area contributed by atoms with Crippen LogP contribution in [0, 0.1) is 17.7 Å². The van der Waals surface area contributed by atoms with E-state index in [1.54, 1.807) is 25.1 Å². The zero-order valence-electron chi connectivity index (χ0n) is 8.83. The van der Waals surface area contributed by atoms with Gasteiger partial charge in [-0.25, -0.2) is 4.39 Å². The molecule has 0 fully saturated rings. The highest BCUT2D eigenvalue weighted by atomic mass is 19.1. The fraction of sp³-hybridized carbons (Fsp3) is 0.385. The van der Waals surface area contributed by atoms with Gasteiger partial charge in [0.15, 0.2) is 0 Å². The van der Waals surface area contributed by atoms with Gasteiger partial charge in [0.2, 0.25) is 0 Å². The van der Waals surface area contributed by atoms with Crippen molar-refractivity contribution in [2.75, 3.05) is 0 Å². The minimum absolute atomic E-state index is 0.252. The first-order valence-electron chi connectivity index (χ1n) is 5.05. The Bertz CT molecular complexity index is 362. The van der Waals surface area contributed by atoms with Crippen LogP contribution in [0.25, 0.3) is 0 Å². The molecule has 2 heteroatoms. The van der Waals surface area contributed by atoms with E-state index in [0.717, 1.165) is 0 Å². The SMILES string of the molecule is CC#CCCC(O)Cc1ccccc1F. The van der Waals surface area contributed by atoms with Crippen molar-refractivity contribution in [3.05, 3.63) is 35.6 Å². The fourth-order valence-corrected chi connectivity index (χ4v) is 1.38. The van der Waals surface area contributed by atoms with Crippen LogP contribution in [0.5, 0.6) is 0 Å². The van der Waals surface area contributed by atoms with E-state index in [-0.39, 0.29) is 5.82 Å². The van der Waals surface area contributed by atoms with E-state index in [4.69, 9.17) is 0 Å². The summed E-state index contributed by atoms with van der Waals surface area (Å²) in [5.74, 6) is 5.39. The van der Waals surface area contributed by atoms with Crippen LogP contribution in [0.2, 0.25) is 0 Å². The van der Waals surface area contributed by atoms with Crippen LogP contribution in [0.3, 0.4) is 0 Å². The van der Waals surface area contributed by atoms with Crippen molar-refractivity contribution >= 4 is 0 Å². The highest BCUT2D eigenvalue weighted by molar-refractivity contribution is 5.18. The normalized spacial score (nSPS) is 11.7. The predicted octanol–water partition coefficient (Wildman–Crippen LogP) is 2.53. The van der Waals surface area contributed by atoms with Gasteiger partial charge in [0.1, 0.15) is 5.82 Å². The van der Waals surface area contributed by atoms with Gasteiger partial charge in [0.05, 0.1) is 6.10 Å². The first-order valence-corrected chi connectivity index (χ1v) is 5.05. The van der Waals surface area contributed by atoms with Gasteiger partial charge in [-0.3, -0.25) is 0 Å². The second kappa shape index (κ2) is 6.21. The molecule has 1 aromatic carbocycles. The van der Waals surface area contributed by atoms with Crippen LogP contribution in [0.4, 0.5) is 4.39 Å². The average Bonchev–Trinajstić information content (AvgIpc) is 2.22. The van der Waals surface area contributed by atoms with E-state index in [1.165, 1.54) is 6.07 Å². The number of rotatable bonds is 4. The molecule has 1 nitrogen and oxygen atoms in total. The molecule has 0 aliphatic rings. The molecule has 1 atom stereocenters. The summed E-state index contributed by atoms with van der Waals surface area (Å²) in [7, 11) is 0. The highest BCUT2D eigenvalue weighted by Crippen LogP contribution is 2.11. The molecule has 1 unspecified atom stereocenters. The molecular weight excluding hydrogens is 191 g/mol. The summed E-state index contributed by atoms with van der Waals surface area (Å²) in [4.78, 5) is 0. The highest BCUT2D eigenvalue weighted by Gasteiger charge is 2.07. The minimum atomic E-state index is -0.511. The van der Waals surface area contributed by atoms with E-state index < -0.39 is 6.10 Å². The van der Waals surface area contributed by atoms with Crippen LogP contribution < -0.4 is 0 Å². The number of halogens is 1. The third-order valence-electron chi connectivity index (χ3n) is 2.19. The first-order chi connectivity index (χ1) is 7.24. The Morgan fingerprint density at radius 2 is 2.13 bits per heavy atom. The Balaban J connectivity index is 2.46. The van der Waals surface area contributed by atoms with E-state index in [1.807, 2.05) is 0 Å². The van der Waals surface area contributed by atoms with Crippen molar-refractivity contribution in [1.82, 2.24) is 0 Å². The summed E-state index contributed by atoms with van der Waals surface area (Å²) < 4.78 is 13.2. The zero-order valence-corrected chi connectivity index (χ0v) is 8.83. The van der Waals surface area contributed by atoms with E-state index in [2.05, 4.69) is 11.8 Å². The Hall–Kier alpha value is -1.33. The lowest BCUT2D eigenvalue weighted by Gasteiger charge is -2.09. The number of hydrogen-bond acceptors (Lipinski definition) is 1. The number of aliphatic hydroxyl groups is 1. The van der Waals surface area contributed by atoms with Gasteiger partial charge in [-0.2, -0.15) is 0 Å². The molecule has 0 bridgehead atoms. The van der Waals surface area contributed by atoms with Gasteiger partial charge in [0, 0.05) is 12.8 Å². The third kappa shape index (κ3) is 4.14. The standard InChI is InChI=1S/C13H15FO/c1-2-3-4-8-12(15)10-11-7-5-6-9-13(11)14/h5-7,9,12,15H,4,8,10H2,1H3. The first kappa shape index (κ1) is 11.7. The Kier molecular flexibility index (Phi) is 4.86. The molecule has 0 saturated heterocycles. The van der Waals surface area contributed by atoms with Gasteiger partial charge >= 0.3 is 0 Å². The second-order valence-electron chi connectivity index (χ2n) is 3.41. The second-order valence-corrected chi connectivity index (χ2v) is 3.41. The average molecular weight is 206 g/mol. The summed E-state index contributed by atoms with van der Waals surface area (Å²) >= 11 is 0. The molecule has 0 radical (unpaired) electrons. The molecular formula is C13H15FO. The fourth-order valence-electron chi connectivity index (χ4n) is 1.38. The molecule has 0 amide bonds. The van der Waals surface area contributed by atoms with E-state index in [9.17, 15) is 9.50 Å². The van der Waals surface area contributed by atoms with E-state index in [0.29, 0.717) is 24.8 Å². The number of hydrogen-bond donors (Lipinski definition) is 1. The van der Waals surface area contributed by atoms with Gasteiger partial charge in [-0.1, -0.05) is 18.2 Å². The van der Waals surface area contributed by atoms with Crippen molar-refractivity contribution in [3.8, 4) is 11.8 Å². The van der Waals surface area contributed by atoms with Crippen molar-refractivity contribution in [3.63, 3.8) is 0 Å². The quantitative estimate of drug-likeness (QED) is 0.750. The molecule has 15 heavy (non-hydrogen) atoms. The van der Waals surface area contributed by atoms with Crippen molar-refractivity contribution in [1.29, 1.82) is 0 Å². The van der Waals surface area contributed by atoms with Crippen LogP contribution in [0.15, 0.2) is 24.3 Å². The summed E-state index contributed by atoms with van der Waals surface area (Å²) in [6.45, 7) is 1.77. The van der Waals surface area contributed by atoms with Crippen LogP contribution in [-0.4, -0.2) is 11.2 Å². The molecule has 0 aromatic heterocycles. The third-order valence-corrected chi connectivity index (χ3v) is 2.19. The minimum Gasteiger partial charge on any atom is -0.393 e. The maximum Gasteiger partial charge on any atom is 0.126 e. The van der Waals surface area contributed by atoms with E-state index >= 15 is 0 Å². The van der Waals surface area contributed by atoms with Crippen molar-refractivity contribution in [2.24, 2.45) is 0 Å². The largest absolute Gasteiger partial charge is 0.393 e. The summed E-state index contributed by atoms with van der Waals surface area (Å²) in [6, 6.07) is 6.53. The van der Waals surface area contributed by atoms with Crippen molar-refractivity contribution in [2.45, 2.75) is 32.3 Å². The molecule has 0 aliphatic carbocycles. The molecule has 0 spiro atoms. The number of benzene rings is 1. The monoisotopic (exact) mass is 206 g/mol. The van der Waals surface area contributed by atoms with Crippen LogP contribution >= 0.6 is 0 Å².